The number of fused-ring (bicyclic) bond motifs is 2. The molecule has 14 rings (SSSR count). The first kappa shape index (κ1) is 45.7. The van der Waals surface area contributed by atoms with Gasteiger partial charge in [-0.25, -0.2) is 9.98 Å². The van der Waals surface area contributed by atoms with E-state index in [1.54, 1.807) is 0 Å². The summed E-state index contributed by atoms with van der Waals surface area (Å²) in [6.45, 7) is 3.23. The van der Waals surface area contributed by atoms with Crippen molar-refractivity contribution in [1.82, 2.24) is 9.13 Å². The smallest absolute Gasteiger partial charge is 0.217 e. The van der Waals surface area contributed by atoms with Gasteiger partial charge >= 0.3 is 0 Å². The molecule has 10 aromatic rings. The Kier molecular flexibility index (Phi) is 11.7. The van der Waals surface area contributed by atoms with Gasteiger partial charge in [0.05, 0.1) is 67.2 Å². The van der Waals surface area contributed by atoms with Gasteiger partial charge < -0.3 is 9.13 Å². The van der Waals surface area contributed by atoms with Crippen LogP contribution < -0.4 is 29.0 Å². The lowest BCUT2D eigenvalue weighted by Gasteiger charge is -2.21. The predicted molar refractivity (Wildman–Crippen MR) is 302 cm³/mol. The third-order valence-electron chi connectivity index (χ3n) is 15.1. The summed E-state index contributed by atoms with van der Waals surface area (Å²) in [5.41, 5.74) is 19.1. The van der Waals surface area contributed by atoms with Gasteiger partial charge in [0.15, 0.2) is 51.0 Å². The van der Waals surface area contributed by atoms with Crippen LogP contribution in [-0.2, 0) is 32.8 Å². The molecule has 0 unspecified atom stereocenters. The van der Waals surface area contributed by atoms with Gasteiger partial charge in [-0.05, 0) is 72.8 Å². The fourth-order valence-electron chi connectivity index (χ4n) is 11.6. The van der Waals surface area contributed by atoms with E-state index in [-0.39, 0.29) is 0 Å². The number of benzene rings is 4. The molecule has 6 bridgehead atoms. The largest absolute Gasteiger partial charge is 0.321 e. The van der Waals surface area contributed by atoms with Gasteiger partial charge in [0.1, 0.15) is 6.67 Å². The molecule has 0 aliphatic carbocycles. The number of aromatic nitrogens is 6. The average Bonchev–Trinajstić information content (AvgIpc) is 4.37. The molecule has 0 atom stereocenters. The van der Waals surface area contributed by atoms with E-state index in [0.29, 0.717) is 32.8 Å². The molecule has 4 aromatic carbocycles. The van der Waals surface area contributed by atoms with Crippen molar-refractivity contribution in [3.05, 3.63) is 346 Å². The van der Waals surface area contributed by atoms with Crippen molar-refractivity contribution in [2.24, 2.45) is 9.98 Å². The zero-order valence-corrected chi connectivity index (χ0v) is 42.5. The van der Waals surface area contributed by atoms with E-state index in [1.165, 1.54) is 22.3 Å². The Hall–Kier alpha value is -9.92. The van der Waals surface area contributed by atoms with E-state index in [1.807, 2.05) is 0 Å². The van der Waals surface area contributed by atoms with Gasteiger partial charge in [0.25, 0.3) is 0 Å². The highest BCUT2D eigenvalue weighted by atomic mass is 15.2. The van der Waals surface area contributed by atoms with Gasteiger partial charge in [-0.1, -0.05) is 121 Å². The summed E-state index contributed by atoms with van der Waals surface area (Å²) in [7, 11) is 0. The second-order valence-electron chi connectivity index (χ2n) is 19.9. The van der Waals surface area contributed by atoms with Crippen molar-refractivity contribution in [3.63, 3.8) is 0 Å². The molecule has 0 N–H and O–H groups in total. The first-order valence-electron chi connectivity index (χ1n) is 26.5. The highest BCUT2D eigenvalue weighted by Crippen LogP contribution is 2.38. The Labute approximate surface area is 447 Å². The third kappa shape index (κ3) is 8.56. The normalized spacial score (nSPS) is 14.3. The zero-order chi connectivity index (χ0) is 51.1. The number of aliphatic imine (C=N–C) groups is 2. The van der Waals surface area contributed by atoms with E-state index >= 15 is 0 Å². The standard InChI is InChI=1S/C69H54N8/c1-5-21-50(22-6-1)45-72-41-17-13-29-58(72)66-54-33-34-55(70-54)67(59-30-14-18-42-73(59)46-51-23-7-2-8-24-51)64-39-40-65-69(61-32-16-20-44-75(61)48-53-27-11-4-12-28-53)57-36-35-56(71-57)68(63-38-37-62(66)76(63)49-77(64)65)60-31-15-19-43-74(60)47-52-25-9-3-10-26-52/h1-44H,45-49H2/q+4. The maximum Gasteiger partial charge on any atom is 0.217 e. The summed E-state index contributed by atoms with van der Waals surface area (Å²) in [6.07, 6.45) is 17.8. The first-order valence-corrected chi connectivity index (χ1v) is 26.5. The minimum Gasteiger partial charge on any atom is -0.321 e. The molecule has 0 radical (unpaired) electrons. The Balaban J connectivity index is 1.12. The van der Waals surface area contributed by atoms with Crippen LogP contribution in [0.5, 0.6) is 0 Å². The summed E-state index contributed by atoms with van der Waals surface area (Å²) in [6, 6.07) is 78.4. The molecular formula is C69H54N8+4. The second-order valence-corrected chi connectivity index (χ2v) is 19.9. The number of pyridine rings is 4. The topological polar surface area (TPSA) is 50.1 Å². The van der Waals surface area contributed by atoms with Crippen LogP contribution in [0.15, 0.2) is 289 Å². The predicted octanol–water partition coefficient (Wildman–Crippen LogP) is 9.10. The molecule has 0 fully saturated rings. The number of hydrogen-bond donors (Lipinski definition) is 0. The molecule has 0 saturated heterocycles. The molecule has 0 saturated carbocycles. The van der Waals surface area contributed by atoms with Crippen LogP contribution >= 0.6 is 0 Å². The Morgan fingerprint density at radius 1 is 0.299 bits per heavy atom. The molecule has 6 aromatic heterocycles. The Bertz CT molecular complexity index is 4000. The SMILES string of the molecule is C1=CC2=C(c3cccc[n+]3Cc3ccccc3)c3ccc4n3Cn3c(ccc3=C(c3cccc[n+]3Cc3ccccc3)C3=NC(=C4c4cccc[n+]4Cc4ccccc4)C=C3)=C(c3cccc[n+]3Cc3ccccc3)C1=N2. The monoisotopic (exact) mass is 994 g/mol. The van der Waals surface area contributed by atoms with Crippen LogP contribution in [0.2, 0.25) is 0 Å². The van der Waals surface area contributed by atoms with Gasteiger partial charge in [0.2, 0.25) is 22.8 Å². The molecule has 10 heterocycles. The van der Waals surface area contributed by atoms with Crippen molar-refractivity contribution >= 4 is 33.7 Å². The summed E-state index contributed by atoms with van der Waals surface area (Å²) >= 11 is 0. The third-order valence-corrected chi connectivity index (χ3v) is 15.1. The number of hydrogen-bond acceptors (Lipinski definition) is 2. The van der Waals surface area contributed by atoms with Crippen LogP contribution in [0.3, 0.4) is 0 Å². The lowest BCUT2D eigenvalue weighted by atomic mass is 10.0. The van der Waals surface area contributed by atoms with Crippen molar-refractivity contribution < 1.29 is 18.3 Å². The average molecular weight is 995 g/mol. The van der Waals surface area contributed by atoms with Crippen LogP contribution in [0.25, 0.3) is 22.3 Å². The van der Waals surface area contributed by atoms with Crippen molar-refractivity contribution in [1.29, 1.82) is 0 Å². The number of nitrogens with zero attached hydrogens (tertiary/aromatic N) is 8. The Morgan fingerprint density at radius 2 is 0.610 bits per heavy atom. The maximum atomic E-state index is 5.81. The molecule has 366 valence electrons. The molecule has 4 aliphatic rings. The molecule has 8 heteroatoms. The lowest BCUT2D eigenvalue weighted by molar-refractivity contribution is -0.690. The quantitative estimate of drug-likeness (QED) is 0.110. The van der Waals surface area contributed by atoms with E-state index < -0.39 is 0 Å². The minimum atomic E-state index is 0.477. The molecular weight excluding hydrogens is 941 g/mol. The van der Waals surface area contributed by atoms with E-state index in [2.05, 4.69) is 295 Å². The molecule has 4 aliphatic heterocycles. The number of allylic oxidation sites excluding steroid dienone is 4. The highest BCUT2D eigenvalue weighted by molar-refractivity contribution is 6.31. The van der Waals surface area contributed by atoms with E-state index in [0.717, 1.165) is 90.0 Å². The van der Waals surface area contributed by atoms with Crippen molar-refractivity contribution in [3.8, 4) is 0 Å². The van der Waals surface area contributed by atoms with Gasteiger partial charge in [0, 0.05) is 70.8 Å². The molecule has 8 nitrogen and oxygen atoms in total. The maximum absolute atomic E-state index is 5.81. The summed E-state index contributed by atoms with van der Waals surface area (Å²) in [5, 5.41) is 2.11. The summed E-state index contributed by atoms with van der Waals surface area (Å²) < 4.78 is 14.6. The summed E-state index contributed by atoms with van der Waals surface area (Å²) in [4.78, 5) is 11.6. The van der Waals surface area contributed by atoms with Gasteiger partial charge in [-0.15, -0.1) is 0 Å². The van der Waals surface area contributed by atoms with E-state index in [4.69, 9.17) is 9.98 Å². The second kappa shape index (κ2) is 19.7. The molecule has 0 amide bonds. The highest BCUT2D eigenvalue weighted by Gasteiger charge is 2.35. The van der Waals surface area contributed by atoms with E-state index in [9.17, 15) is 0 Å². The number of rotatable bonds is 12. The van der Waals surface area contributed by atoms with Gasteiger partial charge in [-0.2, -0.15) is 18.3 Å². The van der Waals surface area contributed by atoms with Crippen LogP contribution in [-0.4, -0.2) is 20.6 Å². The minimum absolute atomic E-state index is 0.477. The van der Waals surface area contributed by atoms with Crippen LogP contribution in [0.1, 0.15) is 56.4 Å². The van der Waals surface area contributed by atoms with Crippen molar-refractivity contribution in [2.75, 3.05) is 0 Å². The molecule has 77 heavy (non-hydrogen) atoms. The fraction of sp³-hybridized carbons (Fsp3) is 0.0725. The first-order chi connectivity index (χ1) is 38.2. The Morgan fingerprint density at radius 3 is 0.948 bits per heavy atom. The van der Waals surface area contributed by atoms with Crippen molar-refractivity contribution in [2.45, 2.75) is 32.8 Å². The summed E-state index contributed by atoms with van der Waals surface area (Å²) in [5.74, 6) is 0. The fourth-order valence-corrected chi connectivity index (χ4v) is 11.6. The van der Waals surface area contributed by atoms with Crippen LogP contribution in [0, 0.1) is 0 Å². The van der Waals surface area contributed by atoms with Crippen LogP contribution in [0.4, 0.5) is 0 Å². The molecule has 0 spiro atoms. The lowest BCUT2D eigenvalue weighted by Crippen LogP contribution is -2.44. The zero-order valence-electron chi connectivity index (χ0n) is 42.5. The van der Waals surface area contributed by atoms with Gasteiger partial charge in [-0.3, -0.25) is 0 Å².